The Bertz CT molecular complexity index is 250. The first-order valence-electron chi connectivity index (χ1n) is 5.16. The molecule has 0 aliphatic carbocycles. The highest BCUT2D eigenvalue weighted by Gasteiger charge is 2.41. The van der Waals surface area contributed by atoms with Crippen LogP contribution in [0.4, 0.5) is 13.2 Å². The van der Waals surface area contributed by atoms with Crippen molar-refractivity contribution < 1.29 is 27.4 Å². The molecule has 1 aliphatic rings. The maximum absolute atomic E-state index is 12.5. The second-order valence-corrected chi connectivity index (χ2v) is 3.26. The van der Waals surface area contributed by atoms with Crippen LogP contribution >= 0.6 is 0 Å². The Balaban J connectivity index is 2.73. The van der Waals surface area contributed by atoms with Crippen LogP contribution in [0.2, 0.25) is 0 Å². The Morgan fingerprint density at radius 1 is 1.31 bits per heavy atom. The molecule has 0 saturated carbocycles. The normalized spacial score (nSPS) is 26.2. The molecule has 3 nitrogen and oxygen atoms in total. The van der Waals surface area contributed by atoms with Gasteiger partial charge >= 0.3 is 6.18 Å². The van der Waals surface area contributed by atoms with Crippen LogP contribution in [0.5, 0.6) is 0 Å². The third-order valence-corrected chi connectivity index (χ3v) is 2.03. The van der Waals surface area contributed by atoms with Gasteiger partial charge in [0.15, 0.2) is 0 Å². The van der Waals surface area contributed by atoms with E-state index in [1.54, 1.807) is 13.8 Å². The van der Waals surface area contributed by atoms with Crippen LogP contribution < -0.4 is 0 Å². The fraction of sp³-hybridized carbons (Fsp3) is 0.800. The van der Waals surface area contributed by atoms with Gasteiger partial charge in [0.25, 0.3) is 0 Å². The predicted molar refractivity (Wildman–Crippen MR) is 50.7 cm³/mol. The smallest absolute Gasteiger partial charge is 0.448 e. The van der Waals surface area contributed by atoms with E-state index in [-0.39, 0.29) is 6.42 Å². The van der Waals surface area contributed by atoms with Gasteiger partial charge in [-0.05, 0) is 19.9 Å². The number of hydrogen-bond donors (Lipinski definition) is 0. The minimum absolute atomic E-state index is 0.279. The van der Waals surface area contributed by atoms with E-state index in [0.717, 1.165) is 6.08 Å². The molecule has 0 saturated heterocycles. The first-order chi connectivity index (χ1) is 7.47. The van der Waals surface area contributed by atoms with Crippen molar-refractivity contribution in [3.8, 4) is 0 Å². The summed E-state index contributed by atoms with van der Waals surface area (Å²) in [5.41, 5.74) is 0. The summed E-state index contributed by atoms with van der Waals surface area (Å²) >= 11 is 0. The maximum atomic E-state index is 12.5. The van der Waals surface area contributed by atoms with Gasteiger partial charge in [-0.2, -0.15) is 13.2 Å². The fourth-order valence-electron chi connectivity index (χ4n) is 1.44. The minimum Gasteiger partial charge on any atom is -0.460 e. The molecule has 0 unspecified atom stereocenters. The van der Waals surface area contributed by atoms with Crippen LogP contribution in [0.3, 0.4) is 0 Å². The molecule has 0 fully saturated rings. The Kier molecular flexibility index (Phi) is 4.61. The number of rotatable bonds is 4. The predicted octanol–water partition coefficient (Wildman–Crippen LogP) is 2.62. The van der Waals surface area contributed by atoms with Crippen molar-refractivity contribution in [2.75, 3.05) is 13.2 Å². The third kappa shape index (κ3) is 3.68. The number of allylic oxidation sites excluding steroid dienone is 1. The zero-order chi connectivity index (χ0) is 12.2. The summed E-state index contributed by atoms with van der Waals surface area (Å²) in [6.45, 7) is 4.08. The zero-order valence-electron chi connectivity index (χ0n) is 9.21. The van der Waals surface area contributed by atoms with Gasteiger partial charge in [-0.3, -0.25) is 0 Å². The highest BCUT2D eigenvalue weighted by atomic mass is 19.4. The lowest BCUT2D eigenvalue weighted by Crippen LogP contribution is -2.33. The molecule has 0 aromatic heterocycles. The van der Waals surface area contributed by atoms with Crippen molar-refractivity contribution in [1.82, 2.24) is 0 Å². The quantitative estimate of drug-likeness (QED) is 0.756. The summed E-state index contributed by atoms with van der Waals surface area (Å²) in [4.78, 5) is 0. The lowest BCUT2D eigenvalue weighted by molar-refractivity contribution is -0.203. The van der Waals surface area contributed by atoms with Gasteiger partial charge in [0, 0.05) is 19.6 Å². The molecule has 6 heteroatoms. The van der Waals surface area contributed by atoms with Crippen LogP contribution in [0.25, 0.3) is 0 Å². The van der Waals surface area contributed by atoms with E-state index in [9.17, 15) is 13.2 Å². The lowest BCUT2D eigenvalue weighted by atomic mass is 10.1. The van der Waals surface area contributed by atoms with Crippen molar-refractivity contribution >= 4 is 0 Å². The molecule has 0 bridgehead atoms. The summed E-state index contributed by atoms with van der Waals surface area (Å²) < 4.78 is 52.3. The Morgan fingerprint density at radius 2 is 1.94 bits per heavy atom. The molecule has 0 radical (unpaired) electrons. The molecule has 0 aromatic rings. The van der Waals surface area contributed by atoms with E-state index >= 15 is 0 Å². The molecule has 0 spiro atoms. The monoisotopic (exact) mass is 240 g/mol. The van der Waals surface area contributed by atoms with Gasteiger partial charge in [0.1, 0.15) is 0 Å². The zero-order valence-corrected chi connectivity index (χ0v) is 9.21. The molecule has 1 rings (SSSR count). The lowest BCUT2D eigenvalue weighted by Gasteiger charge is -2.29. The first kappa shape index (κ1) is 13.3. The van der Waals surface area contributed by atoms with Crippen molar-refractivity contribution in [3.63, 3.8) is 0 Å². The maximum Gasteiger partial charge on any atom is 0.448 e. The van der Waals surface area contributed by atoms with Crippen LogP contribution in [-0.4, -0.2) is 31.8 Å². The fourth-order valence-corrected chi connectivity index (χ4v) is 1.44. The number of alkyl halides is 3. The summed E-state index contributed by atoms with van der Waals surface area (Å²) in [6, 6.07) is 0. The average Bonchev–Trinajstić information content (AvgIpc) is 2.17. The molecule has 16 heavy (non-hydrogen) atoms. The third-order valence-electron chi connectivity index (χ3n) is 2.03. The van der Waals surface area contributed by atoms with Crippen LogP contribution in [0, 0.1) is 0 Å². The van der Waals surface area contributed by atoms with Crippen molar-refractivity contribution in [1.29, 1.82) is 0 Å². The molecular formula is C10H15F3O3. The number of halogens is 3. The van der Waals surface area contributed by atoms with Gasteiger partial charge in [-0.15, -0.1) is 0 Å². The highest BCUT2D eigenvalue weighted by molar-refractivity contribution is 5.07. The molecule has 2 atom stereocenters. The van der Waals surface area contributed by atoms with E-state index in [1.807, 2.05) is 0 Å². The van der Waals surface area contributed by atoms with Crippen molar-refractivity contribution in [3.05, 3.63) is 11.8 Å². The van der Waals surface area contributed by atoms with E-state index in [1.165, 1.54) is 0 Å². The Morgan fingerprint density at radius 3 is 2.44 bits per heavy atom. The van der Waals surface area contributed by atoms with Crippen LogP contribution in [0.15, 0.2) is 11.8 Å². The van der Waals surface area contributed by atoms with E-state index in [0.29, 0.717) is 13.2 Å². The van der Waals surface area contributed by atoms with Crippen molar-refractivity contribution in [2.24, 2.45) is 0 Å². The molecule has 0 aromatic carbocycles. The Hall–Kier alpha value is -0.750. The van der Waals surface area contributed by atoms with Gasteiger partial charge in [0.05, 0.1) is 6.10 Å². The molecule has 0 N–H and O–H groups in total. The topological polar surface area (TPSA) is 27.7 Å². The second kappa shape index (κ2) is 5.54. The first-order valence-corrected chi connectivity index (χ1v) is 5.16. The van der Waals surface area contributed by atoms with E-state index in [4.69, 9.17) is 14.2 Å². The molecule has 1 aliphatic heterocycles. The molecule has 0 amide bonds. The summed E-state index contributed by atoms with van der Waals surface area (Å²) in [7, 11) is 0. The summed E-state index contributed by atoms with van der Waals surface area (Å²) in [5.74, 6) is -1.03. The van der Waals surface area contributed by atoms with Gasteiger partial charge < -0.3 is 14.2 Å². The largest absolute Gasteiger partial charge is 0.460 e. The minimum atomic E-state index is -4.49. The summed E-state index contributed by atoms with van der Waals surface area (Å²) in [5, 5.41) is 0. The van der Waals surface area contributed by atoms with E-state index < -0.39 is 24.3 Å². The van der Waals surface area contributed by atoms with Crippen molar-refractivity contribution in [2.45, 2.75) is 38.8 Å². The van der Waals surface area contributed by atoms with Crippen LogP contribution in [-0.2, 0) is 14.2 Å². The van der Waals surface area contributed by atoms with Crippen LogP contribution in [0.1, 0.15) is 20.3 Å². The number of ether oxygens (including phenoxy) is 3. The van der Waals surface area contributed by atoms with Gasteiger partial charge in [0.2, 0.25) is 12.0 Å². The highest BCUT2D eigenvalue weighted by Crippen LogP contribution is 2.32. The second-order valence-electron chi connectivity index (χ2n) is 3.26. The molecular weight excluding hydrogens is 225 g/mol. The standard InChI is InChI=1S/C10H15F3O3/c1-3-14-7-5-8(10(11,12)13)16-9(6-7)15-4-2/h5,7,9H,3-4,6H2,1-2H3/t7-,9+/m0/s1. The molecule has 1 heterocycles. The van der Waals surface area contributed by atoms with Gasteiger partial charge in [-0.1, -0.05) is 0 Å². The van der Waals surface area contributed by atoms with Gasteiger partial charge in [-0.25, -0.2) is 0 Å². The number of hydrogen-bond acceptors (Lipinski definition) is 3. The molecule has 94 valence electrons. The SMILES string of the molecule is CCO[C@H]1C[C@@H](OCC)C=C(C(F)(F)F)O1. The average molecular weight is 240 g/mol. The van der Waals surface area contributed by atoms with E-state index in [2.05, 4.69) is 0 Å². The summed E-state index contributed by atoms with van der Waals surface area (Å²) in [6.07, 6.45) is -4.75. The Labute approximate surface area is 92.2 Å².